The average Bonchev–Trinajstić information content (AvgIpc) is 2.40. The normalized spacial score (nSPS) is 16.2. The summed E-state index contributed by atoms with van der Waals surface area (Å²) in [6, 6.07) is 0. The Labute approximate surface area is 77.6 Å². The zero-order valence-electron chi connectivity index (χ0n) is 9.15. The largest absolute Gasteiger partial charge is 0.300 e. The van der Waals surface area contributed by atoms with Crippen LogP contribution in [0.25, 0.3) is 0 Å². The van der Waals surface area contributed by atoms with Crippen molar-refractivity contribution < 1.29 is 4.79 Å². The number of carbonyl (C=O) groups is 1. The second-order valence-corrected chi connectivity index (χ2v) is 2.45. The molecular formula is C11H24O. The van der Waals surface area contributed by atoms with E-state index < -0.39 is 0 Å². The van der Waals surface area contributed by atoms with E-state index in [1.54, 1.807) is 0 Å². The summed E-state index contributed by atoms with van der Waals surface area (Å²) in [5.41, 5.74) is 0. The molecule has 0 aromatic rings. The van der Waals surface area contributed by atoms with Crippen LogP contribution in [0.4, 0.5) is 0 Å². The van der Waals surface area contributed by atoms with E-state index in [0.29, 0.717) is 5.78 Å². The predicted molar refractivity (Wildman–Crippen MR) is 55.4 cm³/mol. The van der Waals surface area contributed by atoms with E-state index in [2.05, 4.69) is 0 Å². The van der Waals surface area contributed by atoms with Gasteiger partial charge in [0.05, 0.1) is 0 Å². The monoisotopic (exact) mass is 172 g/mol. The first-order chi connectivity index (χ1) is 5.89. The molecule has 0 radical (unpaired) electrons. The van der Waals surface area contributed by atoms with Gasteiger partial charge in [0.15, 0.2) is 0 Å². The van der Waals surface area contributed by atoms with Crippen LogP contribution < -0.4 is 0 Å². The molecule has 12 heavy (non-hydrogen) atoms. The number of Topliss-reactive ketones (excluding diaryl/α,β-unsaturated/α-hetero) is 1. The summed E-state index contributed by atoms with van der Waals surface area (Å²) in [5.74, 6) is 0.475. The molecule has 1 fully saturated rings. The maximum atomic E-state index is 10.7. The standard InChI is InChI=1S/C7H12O.2C2H6/c8-7-5-3-1-2-4-6-7;2*1-2/h1-6H2;2*1-2H3. The molecule has 1 heteroatoms. The van der Waals surface area contributed by atoms with Gasteiger partial charge < -0.3 is 0 Å². The molecule has 1 aliphatic carbocycles. The van der Waals surface area contributed by atoms with Crippen molar-refractivity contribution in [2.75, 3.05) is 0 Å². The number of hydrogen-bond donors (Lipinski definition) is 0. The van der Waals surface area contributed by atoms with Gasteiger partial charge in [0, 0.05) is 12.8 Å². The summed E-state index contributed by atoms with van der Waals surface area (Å²) in [6.07, 6.45) is 6.51. The van der Waals surface area contributed by atoms with E-state index in [4.69, 9.17) is 0 Å². The Morgan fingerprint density at radius 3 is 1.42 bits per heavy atom. The first-order valence-corrected chi connectivity index (χ1v) is 5.41. The lowest BCUT2D eigenvalue weighted by atomic mass is 10.2. The second kappa shape index (κ2) is 13.3. The molecule has 0 heterocycles. The van der Waals surface area contributed by atoms with Crippen LogP contribution in [0.5, 0.6) is 0 Å². The fraction of sp³-hybridized carbons (Fsp3) is 0.909. The third-order valence-corrected chi connectivity index (χ3v) is 1.66. The summed E-state index contributed by atoms with van der Waals surface area (Å²) >= 11 is 0. The van der Waals surface area contributed by atoms with Crippen LogP contribution in [-0.4, -0.2) is 5.78 Å². The summed E-state index contributed by atoms with van der Waals surface area (Å²) in [5, 5.41) is 0. The molecule has 0 aromatic heterocycles. The van der Waals surface area contributed by atoms with E-state index >= 15 is 0 Å². The lowest BCUT2D eigenvalue weighted by Crippen LogP contribution is -1.91. The van der Waals surface area contributed by atoms with Crippen molar-refractivity contribution in [3.05, 3.63) is 0 Å². The van der Waals surface area contributed by atoms with Crippen molar-refractivity contribution in [2.24, 2.45) is 0 Å². The van der Waals surface area contributed by atoms with Crippen LogP contribution in [0, 0.1) is 0 Å². The van der Waals surface area contributed by atoms with E-state index in [-0.39, 0.29) is 0 Å². The molecule has 1 rings (SSSR count). The number of hydrogen-bond acceptors (Lipinski definition) is 1. The summed E-state index contributed by atoms with van der Waals surface area (Å²) in [6.45, 7) is 8.00. The van der Waals surface area contributed by atoms with Gasteiger partial charge in [0.1, 0.15) is 5.78 Å². The molecule has 0 aromatic carbocycles. The Hall–Kier alpha value is -0.330. The molecule has 0 N–H and O–H groups in total. The molecule has 0 saturated heterocycles. The van der Waals surface area contributed by atoms with Crippen LogP contribution in [-0.2, 0) is 4.79 Å². The van der Waals surface area contributed by atoms with Crippen molar-refractivity contribution in [3.63, 3.8) is 0 Å². The summed E-state index contributed by atoms with van der Waals surface area (Å²) in [4.78, 5) is 10.7. The van der Waals surface area contributed by atoms with Gasteiger partial charge in [-0.15, -0.1) is 0 Å². The predicted octanol–water partition coefficient (Wildman–Crippen LogP) is 3.96. The van der Waals surface area contributed by atoms with Crippen LogP contribution in [0.2, 0.25) is 0 Å². The number of ketones is 1. The minimum Gasteiger partial charge on any atom is -0.300 e. The molecule has 1 aliphatic rings. The van der Waals surface area contributed by atoms with E-state index in [9.17, 15) is 4.79 Å². The van der Waals surface area contributed by atoms with E-state index in [0.717, 1.165) is 25.7 Å². The average molecular weight is 172 g/mol. The van der Waals surface area contributed by atoms with Crippen molar-refractivity contribution in [1.29, 1.82) is 0 Å². The molecule has 1 saturated carbocycles. The maximum absolute atomic E-state index is 10.7. The van der Waals surface area contributed by atoms with Crippen LogP contribution in [0.15, 0.2) is 0 Å². The molecule has 0 amide bonds. The lowest BCUT2D eigenvalue weighted by Gasteiger charge is -1.87. The Morgan fingerprint density at radius 1 is 0.750 bits per heavy atom. The third kappa shape index (κ3) is 9.67. The number of carbonyl (C=O) groups excluding carboxylic acids is 1. The Balaban J connectivity index is 0. The topological polar surface area (TPSA) is 17.1 Å². The zero-order chi connectivity index (χ0) is 9.82. The fourth-order valence-corrected chi connectivity index (χ4v) is 1.12. The van der Waals surface area contributed by atoms with Crippen molar-refractivity contribution >= 4 is 5.78 Å². The van der Waals surface area contributed by atoms with E-state index in [1.165, 1.54) is 12.8 Å². The van der Waals surface area contributed by atoms with Gasteiger partial charge in [0.2, 0.25) is 0 Å². The molecule has 0 atom stereocenters. The highest BCUT2D eigenvalue weighted by Crippen LogP contribution is 2.12. The van der Waals surface area contributed by atoms with Gasteiger partial charge in [0.25, 0.3) is 0 Å². The summed E-state index contributed by atoms with van der Waals surface area (Å²) < 4.78 is 0. The van der Waals surface area contributed by atoms with Crippen LogP contribution in [0.1, 0.15) is 66.2 Å². The third-order valence-electron chi connectivity index (χ3n) is 1.66. The molecule has 0 aliphatic heterocycles. The molecular weight excluding hydrogens is 148 g/mol. The summed E-state index contributed by atoms with van der Waals surface area (Å²) in [7, 11) is 0. The highest BCUT2D eigenvalue weighted by Gasteiger charge is 2.04. The number of rotatable bonds is 0. The molecule has 0 bridgehead atoms. The Bertz CT molecular complexity index is 77.0. The Morgan fingerprint density at radius 2 is 1.08 bits per heavy atom. The van der Waals surface area contributed by atoms with Gasteiger partial charge in [-0.2, -0.15) is 0 Å². The van der Waals surface area contributed by atoms with Crippen molar-refractivity contribution in [3.8, 4) is 0 Å². The molecule has 0 spiro atoms. The first kappa shape index (κ1) is 14.2. The second-order valence-electron chi connectivity index (χ2n) is 2.45. The van der Waals surface area contributed by atoms with E-state index in [1.807, 2.05) is 27.7 Å². The van der Waals surface area contributed by atoms with Gasteiger partial charge in [-0.3, -0.25) is 4.79 Å². The first-order valence-electron chi connectivity index (χ1n) is 5.41. The molecule has 1 nitrogen and oxygen atoms in total. The van der Waals surface area contributed by atoms with Crippen molar-refractivity contribution in [2.45, 2.75) is 66.2 Å². The highest BCUT2D eigenvalue weighted by molar-refractivity contribution is 5.78. The minimum absolute atomic E-state index is 0.475. The SMILES string of the molecule is CC.CC.O=C1CCCCCC1. The van der Waals surface area contributed by atoms with Crippen molar-refractivity contribution in [1.82, 2.24) is 0 Å². The lowest BCUT2D eigenvalue weighted by molar-refractivity contribution is -0.118. The van der Waals surface area contributed by atoms with Crippen LogP contribution in [0.3, 0.4) is 0 Å². The van der Waals surface area contributed by atoms with Gasteiger partial charge in [-0.25, -0.2) is 0 Å². The quantitative estimate of drug-likeness (QED) is 0.505. The van der Waals surface area contributed by atoms with Crippen LogP contribution >= 0.6 is 0 Å². The zero-order valence-corrected chi connectivity index (χ0v) is 9.15. The fourth-order valence-electron chi connectivity index (χ4n) is 1.12. The smallest absolute Gasteiger partial charge is 0.132 e. The molecule has 74 valence electrons. The minimum atomic E-state index is 0.475. The van der Waals surface area contributed by atoms with Gasteiger partial charge >= 0.3 is 0 Å². The van der Waals surface area contributed by atoms with Gasteiger partial charge in [-0.1, -0.05) is 40.5 Å². The maximum Gasteiger partial charge on any atom is 0.132 e. The molecule has 0 unspecified atom stereocenters. The highest BCUT2D eigenvalue weighted by atomic mass is 16.1. The Kier molecular flexibility index (Phi) is 15.7. The van der Waals surface area contributed by atoms with Gasteiger partial charge in [-0.05, 0) is 12.8 Å².